The van der Waals surface area contributed by atoms with Gasteiger partial charge in [0.15, 0.2) is 12.2 Å². The molecule has 2 heterocycles. The molecule has 0 bridgehead atoms. The van der Waals surface area contributed by atoms with E-state index in [2.05, 4.69) is 30.7 Å². The molecule has 1 saturated heterocycles. The zero-order valence-electron chi connectivity index (χ0n) is 21.7. The third-order valence-corrected chi connectivity index (χ3v) is 5.81. The Hall–Kier alpha value is -3.75. The summed E-state index contributed by atoms with van der Waals surface area (Å²) in [5, 5.41) is 22.7. The van der Waals surface area contributed by atoms with Gasteiger partial charge in [-0.1, -0.05) is 60.7 Å². The molecule has 8 nitrogen and oxygen atoms in total. The normalized spacial score (nSPS) is 15.2. The molecule has 0 spiro atoms. The summed E-state index contributed by atoms with van der Waals surface area (Å²) in [5.41, 5.74) is 3.14. The number of allylic oxidation sites excluding steroid dienone is 5. The maximum atomic E-state index is 12.3. The average Bonchev–Trinajstić information content (AvgIpc) is 3.43. The molecule has 0 aliphatic carbocycles. The first-order chi connectivity index (χ1) is 17.6. The third kappa shape index (κ3) is 9.00. The molecule has 3 atom stereocenters. The van der Waals surface area contributed by atoms with Crippen molar-refractivity contribution in [3.05, 3.63) is 95.0 Å². The Bertz CT molecular complexity index is 1160. The van der Waals surface area contributed by atoms with Crippen LogP contribution < -0.4 is 10.9 Å². The van der Waals surface area contributed by atoms with E-state index in [4.69, 9.17) is 0 Å². The molecule has 1 aliphatic rings. The topological polar surface area (TPSA) is 123 Å². The second-order valence-electron chi connectivity index (χ2n) is 9.05. The summed E-state index contributed by atoms with van der Waals surface area (Å²) in [4.78, 5) is 40.4. The van der Waals surface area contributed by atoms with Gasteiger partial charge in [0.2, 0.25) is 0 Å². The molecule has 3 unspecified atom stereocenters. The Balaban J connectivity index is 0.000000521. The summed E-state index contributed by atoms with van der Waals surface area (Å²) >= 11 is 0. The van der Waals surface area contributed by atoms with Gasteiger partial charge in [0.05, 0.1) is 6.04 Å². The van der Waals surface area contributed by atoms with Gasteiger partial charge in [0.1, 0.15) is 0 Å². The van der Waals surface area contributed by atoms with Gasteiger partial charge < -0.3 is 25.4 Å². The summed E-state index contributed by atoms with van der Waals surface area (Å²) < 4.78 is 0. The number of hydrogen-bond donors (Lipinski definition) is 4. The summed E-state index contributed by atoms with van der Waals surface area (Å²) in [6.07, 6.45) is 7.33. The van der Waals surface area contributed by atoms with Crippen LogP contribution in [0.4, 0.5) is 0 Å². The molecular formula is C29H37N3O5. The van der Waals surface area contributed by atoms with E-state index in [1.807, 2.05) is 18.2 Å². The molecule has 1 fully saturated rings. The van der Waals surface area contributed by atoms with Crippen molar-refractivity contribution in [3.63, 3.8) is 0 Å². The number of likely N-dealkylation sites (tertiary alicyclic amines) is 1. The largest absolute Gasteiger partial charge is 0.380 e. The molecule has 3 rings (SSSR count). The molecule has 2 amide bonds. The average molecular weight is 508 g/mol. The fourth-order valence-corrected chi connectivity index (χ4v) is 3.71. The highest BCUT2D eigenvalue weighted by Gasteiger charge is 2.34. The van der Waals surface area contributed by atoms with Crippen molar-refractivity contribution >= 4 is 11.8 Å². The van der Waals surface area contributed by atoms with Crippen molar-refractivity contribution in [3.8, 4) is 11.1 Å². The second-order valence-corrected chi connectivity index (χ2v) is 9.05. The van der Waals surface area contributed by atoms with Crippen LogP contribution in [-0.2, 0) is 9.59 Å². The maximum Gasteiger partial charge on any atom is 0.255 e. The van der Waals surface area contributed by atoms with Crippen LogP contribution in [-0.4, -0.2) is 57.2 Å². The van der Waals surface area contributed by atoms with Crippen molar-refractivity contribution < 1.29 is 19.8 Å². The predicted molar refractivity (Wildman–Crippen MR) is 146 cm³/mol. The Morgan fingerprint density at radius 3 is 2.27 bits per heavy atom. The number of H-pyrrole nitrogens is 1. The van der Waals surface area contributed by atoms with Gasteiger partial charge in [0.25, 0.3) is 17.4 Å². The number of nitrogens with one attached hydrogen (secondary N) is 2. The third-order valence-electron chi connectivity index (χ3n) is 5.81. The van der Waals surface area contributed by atoms with Gasteiger partial charge in [-0.05, 0) is 56.9 Å². The van der Waals surface area contributed by atoms with Crippen molar-refractivity contribution in [1.82, 2.24) is 15.2 Å². The first kappa shape index (κ1) is 29.5. The highest BCUT2D eigenvalue weighted by molar-refractivity contribution is 5.91. The standard InChI is InChI=1S/C21H25N3O5.C8H12/c1-13(14-6-8-15(9-7-14)16-5-4-10-22-19(16)27)23-20(28)17(25)18(26)21(29)24-11-2-3-12-24;1-4-5-6-7-8(2)3/h4-10,13,17-18,25-26H,2-3,11-12H2,1H3,(H,22,27)(H,23,28);4-7H,1H2,2-3H3/b;6-5-. The second kappa shape index (κ2) is 14.7. The number of aromatic nitrogens is 1. The van der Waals surface area contributed by atoms with Crippen LogP contribution >= 0.6 is 0 Å². The van der Waals surface area contributed by atoms with Crippen LogP contribution in [0.2, 0.25) is 0 Å². The number of rotatable bonds is 8. The first-order valence-corrected chi connectivity index (χ1v) is 12.3. The number of aliphatic hydroxyl groups excluding tert-OH is 2. The minimum absolute atomic E-state index is 0.193. The minimum Gasteiger partial charge on any atom is -0.380 e. The van der Waals surface area contributed by atoms with E-state index < -0.39 is 30.1 Å². The van der Waals surface area contributed by atoms with Crippen LogP contribution in [0, 0.1) is 0 Å². The highest BCUT2D eigenvalue weighted by atomic mass is 16.3. The number of carbonyl (C=O) groups excluding carboxylic acids is 2. The molecular weight excluding hydrogens is 470 g/mol. The van der Waals surface area contributed by atoms with Gasteiger partial charge in [-0.25, -0.2) is 0 Å². The van der Waals surface area contributed by atoms with Crippen LogP contribution in [0.15, 0.2) is 83.8 Å². The van der Waals surface area contributed by atoms with Gasteiger partial charge in [-0.15, -0.1) is 0 Å². The van der Waals surface area contributed by atoms with E-state index in [9.17, 15) is 24.6 Å². The summed E-state index contributed by atoms with van der Waals surface area (Å²) in [6, 6.07) is 10.1. The van der Waals surface area contributed by atoms with E-state index in [1.54, 1.807) is 55.6 Å². The fraction of sp³-hybridized carbons (Fsp3) is 0.345. The van der Waals surface area contributed by atoms with Crippen LogP contribution in [0.5, 0.6) is 0 Å². The van der Waals surface area contributed by atoms with Crippen LogP contribution in [0.1, 0.15) is 45.2 Å². The molecule has 1 aromatic carbocycles. The van der Waals surface area contributed by atoms with Gasteiger partial charge >= 0.3 is 0 Å². The zero-order valence-corrected chi connectivity index (χ0v) is 21.7. The first-order valence-electron chi connectivity index (χ1n) is 12.3. The SMILES string of the molecule is C=C/C=C\C=C(C)C.CC(NC(=O)C(O)C(O)C(=O)N1CCCC1)c1ccc(-c2ccc[nH]c2=O)cc1. The smallest absolute Gasteiger partial charge is 0.255 e. The molecule has 4 N–H and O–H groups in total. The number of benzene rings is 1. The number of hydrogen-bond acceptors (Lipinski definition) is 5. The molecule has 1 aromatic heterocycles. The van der Waals surface area contributed by atoms with E-state index in [1.165, 1.54) is 10.5 Å². The van der Waals surface area contributed by atoms with E-state index in [0.29, 0.717) is 18.7 Å². The number of aliphatic hydroxyl groups is 2. The number of aromatic amines is 1. The number of carbonyl (C=O) groups is 2. The van der Waals surface area contributed by atoms with E-state index in [0.717, 1.165) is 24.0 Å². The molecule has 1 aliphatic heterocycles. The number of pyridine rings is 1. The Kier molecular flexibility index (Phi) is 11.7. The number of nitrogens with zero attached hydrogens (tertiary/aromatic N) is 1. The molecule has 37 heavy (non-hydrogen) atoms. The Morgan fingerprint density at radius 2 is 1.70 bits per heavy atom. The minimum atomic E-state index is -1.84. The molecule has 0 radical (unpaired) electrons. The van der Waals surface area contributed by atoms with Gasteiger partial charge in [-0.2, -0.15) is 0 Å². The lowest BCUT2D eigenvalue weighted by atomic mass is 10.0. The van der Waals surface area contributed by atoms with Gasteiger partial charge in [0, 0.05) is 24.8 Å². The van der Waals surface area contributed by atoms with Crippen LogP contribution in [0.25, 0.3) is 11.1 Å². The highest BCUT2D eigenvalue weighted by Crippen LogP contribution is 2.20. The lowest BCUT2D eigenvalue weighted by Crippen LogP contribution is -2.50. The van der Waals surface area contributed by atoms with Crippen molar-refractivity contribution in [1.29, 1.82) is 0 Å². The maximum absolute atomic E-state index is 12.3. The van der Waals surface area contributed by atoms with Gasteiger partial charge in [-0.3, -0.25) is 14.4 Å². The zero-order chi connectivity index (χ0) is 27.4. The fourth-order valence-electron chi connectivity index (χ4n) is 3.71. The van der Waals surface area contributed by atoms with Crippen LogP contribution in [0.3, 0.4) is 0 Å². The molecule has 0 saturated carbocycles. The number of amides is 2. The summed E-state index contributed by atoms with van der Waals surface area (Å²) in [5.74, 6) is -1.45. The van der Waals surface area contributed by atoms with E-state index in [-0.39, 0.29) is 5.56 Å². The van der Waals surface area contributed by atoms with Crippen molar-refractivity contribution in [2.45, 2.75) is 51.9 Å². The predicted octanol–water partition coefficient (Wildman–Crippen LogP) is 3.26. The summed E-state index contributed by atoms with van der Waals surface area (Å²) in [7, 11) is 0. The summed E-state index contributed by atoms with van der Waals surface area (Å²) in [6.45, 7) is 10.4. The van der Waals surface area contributed by atoms with E-state index >= 15 is 0 Å². The molecule has 8 heteroatoms. The molecule has 2 aromatic rings. The molecule has 198 valence electrons. The lowest BCUT2D eigenvalue weighted by molar-refractivity contribution is -0.152. The monoisotopic (exact) mass is 507 g/mol. The Morgan fingerprint density at radius 1 is 1.05 bits per heavy atom. The quantitative estimate of drug-likeness (QED) is 0.409. The van der Waals surface area contributed by atoms with Crippen molar-refractivity contribution in [2.75, 3.05) is 13.1 Å². The van der Waals surface area contributed by atoms with Crippen molar-refractivity contribution in [2.24, 2.45) is 0 Å². The Labute approximate surface area is 218 Å². The lowest BCUT2D eigenvalue weighted by Gasteiger charge is -2.24.